The number of aromatic nitrogens is 4. The average molecular weight is 265 g/mol. The Labute approximate surface area is 110 Å². The maximum absolute atomic E-state index is 12.2. The molecule has 2 heterocycles. The number of fused-ring (bicyclic) bond motifs is 1. The number of imidazole rings is 1. The molecule has 0 aliphatic rings. The molecule has 0 saturated carbocycles. The van der Waals surface area contributed by atoms with Crippen LogP contribution in [0.5, 0.6) is 0 Å². The highest BCUT2D eigenvalue weighted by atomic mass is 16.2. The van der Waals surface area contributed by atoms with Crippen LogP contribution in [0.1, 0.15) is 13.8 Å². The van der Waals surface area contributed by atoms with Gasteiger partial charge in [-0.15, -0.1) is 0 Å². The van der Waals surface area contributed by atoms with Crippen LogP contribution in [0.15, 0.2) is 15.9 Å². The predicted octanol–water partition coefficient (Wildman–Crippen LogP) is -0.568. The van der Waals surface area contributed by atoms with Crippen LogP contribution in [0.4, 0.5) is 0 Å². The predicted molar refractivity (Wildman–Crippen MR) is 73.4 cm³/mol. The molecule has 2 rings (SSSR count). The second-order valence-corrected chi connectivity index (χ2v) is 4.73. The van der Waals surface area contributed by atoms with Gasteiger partial charge in [-0.05, 0) is 13.5 Å². The Morgan fingerprint density at radius 1 is 1.32 bits per heavy atom. The van der Waals surface area contributed by atoms with Gasteiger partial charge in [-0.2, -0.15) is 0 Å². The van der Waals surface area contributed by atoms with Crippen molar-refractivity contribution in [3.63, 3.8) is 0 Å². The third kappa shape index (κ3) is 2.21. The second-order valence-electron chi connectivity index (χ2n) is 4.73. The van der Waals surface area contributed by atoms with Crippen molar-refractivity contribution in [2.24, 2.45) is 14.1 Å². The summed E-state index contributed by atoms with van der Waals surface area (Å²) in [7, 11) is 3.10. The summed E-state index contributed by atoms with van der Waals surface area (Å²) in [6.07, 6.45) is 1.61. The van der Waals surface area contributed by atoms with Crippen LogP contribution in [0.2, 0.25) is 0 Å². The van der Waals surface area contributed by atoms with E-state index in [4.69, 9.17) is 0 Å². The molecule has 0 fully saturated rings. The number of hydrogen-bond acceptors (Lipinski definition) is 4. The standard InChI is InChI=1S/C12H19N5O2/c1-5-13-8(2)6-17-7-14-10-9(17)11(18)16(4)12(19)15(10)3/h7-8,13H,5-6H2,1-4H3. The van der Waals surface area contributed by atoms with Crippen molar-refractivity contribution in [3.05, 3.63) is 27.2 Å². The van der Waals surface area contributed by atoms with E-state index in [0.29, 0.717) is 17.7 Å². The lowest BCUT2D eigenvalue weighted by Crippen LogP contribution is -2.38. The average Bonchev–Trinajstić information content (AvgIpc) is 2.78. The highest BCUT2D eigenvalue weighted by molar-refractivity contribution is 5.69. The van der Waals surface area contributed by atoms with Gasteiger partial charge < -0.3 is 9.88 Å². The molecular weight excluding hydrogens is 246 g/mol. The lowest BCUT2D eigenvalue weighted by Gasteiger charge is -2.13. The van der Waals surface area contributed by atoms with Crippen LogP contribution in [-0.2, 0) is 20.6 Å². The second kappa shape index (κ2) is 5.00. The first kappa shape index (κ1) is 13.5. The zero-order valence-corrected chi connectivity index (χ0v) is 11.7. The van der Waals surface area contributed by atoms with E-state index in [1.165, 1.54) is 11.6 Å². The molecule has 2 aromatic rings. The number of nitrogens with one attached hydrogen (secondary N) is 1. The van der Waals surface area contributed by atoms with Gasteiger partial charge in [0.15, 0.2) is 11.2 Å². The summed E-state index contributed by atoms with van der Waals surface area (Å²) in [6, 6.07) is 0.226. The molecule has 0 aliphatic heterocycles. The summed E-state index contributed by atoms with van der Waals surface area (Å²) in [5.41, 5.74) is 0.230. The van der Waals surface area contributed by atoms with E-state index in [1.807, 2.05) is 13.8 Å². The topological polar surface area (TPSA) is 73.8 Å². The number of rotatable bonds is 4. The van der Waals surface area contributed by atoms with Crippen LogP contribution in [0, 0.1) is 0 Å². The quantitative estimate of drug-likeness (QED) is 0.803. The summed E-state index contributed by atoms with van der Waals surface area (Å²) < 4.78 is 4.30. The van der Waals surface area contributed by atoms with E-state index >= 15 is 0 Å². The third-order valence-electron chi connectivity index (χ3n) is 3.24. The normalized spacial score (nSPS) is 13.1. The Morgan fingerprint density at radius 2 is 2.00 bits per heavy atom. The Hall–Kier alpha value is -1.89. The van der Waals surface area contributed by atoms with Crippen molar-refractivity contribution in [1.82, 2.24) is 24.0 Å². The fourth-order valence-electron chi connectivity index (χ4n) is 2.24. The number of hydrogen-bond donors (Lipinski definition) is 1. The van der Waals surface area contributed by atoms with Gasteiger partial charge in [0.2, 0.25) is 0 Å². The molecular formula is C12H19N5O2. The minimum Gasteiger partial charge on any atom is -0.323 e. The van der Waals surface area contributed by atoms with Gasteiger partial charge in [-0.25, -0.2) is 9.78 Å². The molecule has 0 radical (unpaired) electrons. The third-order valence-corrected chi connectivity index (χ3v) is 3.24. The molecule has 0 saturated heterocycles. The summed E-state index contributed by atoms with van der Waals surface area (Å²) in [4.78, 5) is 28.2. The van der Waals surface area contributed by atoms with Crippen molar-refractivity contribution < 1.29 is 0 Å². The van der Waals surface area contributed by atoms with Gasteiger partial charge in [0, 0.05) is 26.7 Å². The van der Waals surface area contributed by atoms with Crippen molar-refractivity contribution >= 4 is 11.2 Å². The number of aryl methyl sites for hydroxylation is 1. The van der Waals surface area contributed by atoms with Crippen molar-refractivity contribution in [2.45, 2.75) is 26.4 Å². The summed E-state index contributed by atoms with van der Waals surface area (Å²) in [5.74, 6) is 0. The number of likely N-dealkylation sites (N-methyl/N-ethyl adjacent to an activating group) is 1. The highest BCUT2D eigenvalue weighted by Crippen LogP contribution is 2.06. The molecule has 0 aromatic carbocycles. The van der Waals surface area contributed by atoms with Gasteiger partial charge >= 0.3 is 5.69 Å². The molecule has 7 heteroatoms. The Morgan fingerprint density at radius 3 is 2.63 bits per heavy atom. The molecule has 104 valence electrons. The zero-order valence-electron chi connectivity index (χ0n) is 11.7. The van der Waals surface area contributed by atoms with E-state index in [-0.39, 0.29) is 17.3 Å². The summed E-state index contributed by atoms with van der Waals surface area (Å²) >= 11 is 0. The maximum atomic E-state index is 12.2. The van der Waals surface area contributed by atoms with Crippen LogP contribution in [0.25, 0.3) is 11.2 Å². The summed E-state index contributed by atoms with van der Waals surface area (Å²) in [5, 5.41) is 3.28. The van der Waals surface area contributed by atoms with Gasteiger partial charge in [0.1, 0.15) is 0 Å². The van der Waals surface area contributed by atoms with Crippen LogP contribution >= 0.6 is 0 Å². The van der Waals surface area contributed by atoms with E-state index in [0.717, 1.165) is 11.1 Å². The molecule has 2 aromatic heterocycles. The fraction of sp³-hybridized carbons (Fsp3) is 0.583. The van der Waals surface area contributed by atoms with E-state index in [2.05, 4.69) is 10.3 Å². The smallest absolute Gasteiger partial charge is 0.323 e. The minimum atomic E-state index is -0.359. The molecule has 1 unspecified atom stereocenters. The molecule has 19 heavy (non-hydrogen) atoms. The molecule has 7 nitrogen and oxygen atoms in total. The van der Waals surface area contributed by atoms with Gasteiger partial charge in [0.25, 0.3) is 5.56 Å². The van der Waals surface area contributed by atoms with Crippen molar-refractivity contribution in [2.75, 3.05) is 6.54 Å². The largest absolute Gasteiger partial charge is 0.332 e. The molecule has 0 bridgehead atoms. The molecule has 1 atom stereocenters. The Kier molecular flexibility index (Phi) is 3.57. The zero-order chi connectivity index (χ0) is 14.2. The van der Waals surface area contributed by atoms with Crippen molar-refractivity contribution in [3.8, 4) is 0 Å². The first-order valence-electron chi connectivity index (χ1n) is 6.31. The summed E-state index contributed by atoms with van der Waals surface area (Å²) in [6.45, 7) is 5.58. The lowest BCUT2D eigenvalue weighted by atomic mass is 10.3. The SMILES string of the molecule is CCNC(C)Cn1cnc2c1c(=O)n(C)c(=O)n2C. The van der Waals surface area contributed by atoms with E-state index in [9.17, 15) is 9.59 Å². The Balaban J connectivity index is 2.60. The minimum absolute atomic E-state index is 0.226. The first-order chi connectivity index (χ1) is 8.97. The monoisotopic (exact) mass is 265 g/mol. The highest BCUT2D eigenvalue weighted by Gasteiger charge is 2.15. The van der Waals surface area contributed by atoms with Gasteiger partial charge in [-0.3, -0.25) is 13.9 Å². The lowest BCUT2D eigenvalue weighted by molar-refractivity contribution is 0.494. The van der Waals surface area contributed by atoms with Crippen LogP contribution in [-0.4, -0.2) is 31.3 Å². The van der Waals surface area contributed by atoms with Crippen molar-refractivity contribution in [1.29, 1.82) is 0 Å². The van der Waals surface area contributed by atoms with Crippen LogP contribution < -0.4 is 16.6 Å². The first-order valence-corrected chi connectivity index (χ1v) is 6.31. The maximum Gasteiger partial charge on any atom is 0.332 e. The van der Waals surface area contributed by atoms with E-state index < -0.39 is 0 Å². The van der Waals surface area contributed by atoms with E-state index in [1.54, 1.807) is 17.9 Å². The molecule has 0 aliphatic carbocycles. The fourth-order valence-corrected chi connectivity index (χ4v) is 2.24. The van der Waals surface area contributed by atoms with Gasteiger partial charge in [-0.1, -0.05) is 6.92 Å². The Bertz CT molecular complexity index is 709. The molecule has 0 amide bonds. The molecule has 1 N–H and O–H groups in total. The van der Waals surface area contributed by atoms with Gasteiger partial charge in [0.05, 0.1) is 6.33 Å². The molecule has 0 spiro atoms. The number of nitrogens with zero attached hydrogens (tertiary/aromatic N) is 4. The van der Waals surface area contributed by atoms with Crippen LogP contribution in [0.3, 0.4) is 0 Å².